The molecule has 0 aromatic carbocycles. The average molecular weight is 241 g/mol. The Morgan fingerprint density at radius 1 is 1.29 bits per heavy atom. The van der Waals surface area contributed by atoms with Crippen LogP contribution in [0.1, 0.15) is 5.56 Å². The van der Waals surface area contributed by atoms with Crippen LogP contribution in [0.4, 0.5) is 13.2 Å². The molecule has 7 heteroatoms. The lowest BCUT2D eigenvalue weighted by molar-refractivity contribution is -0.138. The summed E-state index contributed by atoms with van der Waals surface area (Å²) in [5.74, 6) is 0. The molecular weight excluding hydrogens is 235 g/mol. The minimum absolute atomic E-state index is 0.0185. The first-order valence-corrected chi connectivity index (χ1v) is 4.56. The summed E-state index contributed by atoms with van der Waals surface area (Å²) in [6.45, 7) is 0. The number of hydrogen-bond acceptors (Lipinski definition) is 3. The van der Waals surface area contributed by atoms with Crippen LogP contribution >= 0.6 is 0 Å². The number of alkyl halides is 3. The Balaban J connectivity index is 2.57. The van der Waals surface area contributed by atoms with Crippen LogP contribution in [0.2, 0.25) is 0 Å². The van der Waals surface area contributed by atoms with Gasteiger partial charge in [-0.1, -0.05) is 0 Å². The normalized spacial score (nSPS) is 11.5. The smallest absolute Gasteiger partial charge is 0.267 e. The molecule has 0 spiro atoms. The highest BCUT2D eigenvalue weighted by Crippen LogP contribution is 2.28. The highest BCUT2D eigenvalue weighted by molar-refractivity contribution is 5.57. The van der Waals surface area contributed by atoms with Gasteiger partial charge >= 0.3 is 6.18 Å². The third-order valence-electron chi connectivity index (χ3n) is 2.07. The molecule has 0 saturated heterocycles. The Kier molecular flexibility index (Phi) is 2.66. The standard InChI is InChI=1S/C10H6F3N3O/c11-10(12,13)7-4-8(15-16-9(7)17)6-2-1-3-14-5-6/h1-5H,(H,16,17). The molecule has 88 valence electrons. The highest BCUT2D eigenvalue weighted by Gasteiger charge is 2.34. The second-order valence-corrected chi connectivity index (χ2v) is 3.24. The van der Waals surface area contributed by atoms with Crippen LogP contribution in [0.15, 0.2) is 35.4 Å². The quantitative estimate of drug-likeness (QED) is 0.828. The van der Waals surface area contributed by atoms with E-state index in [9.17, 15) is 18.0 Å². The minimum atomic E-state index is -4.70. The zero-order valence-electron chi connectivity index (χ0n) is 8.32. The number of rotatable bonds is 1. The van der Waals surface area contributed by atoms with Crippen molar-refractivity contribution in [3.63, 3.8) is 0 Å². The fraction of sp³-hybridized carbons (Fsp3) is 0.100. The van der Waals surface area contributed by atoms with Gasteiger partial charge in [-0.05, 0) is 18.2 Å². The van der Waals surface area contributed by atoms with Gasteiger partial charge in [0.25, 0.3) is 5.56 Å². The number of hydrogen-bond donors (Lipinski definition) is 1. The number of pyridine rings is 1. The van der Waals surface area contributed by atoms with Crippen LogP contribution in [0, 0.1) is 0 Å². The van der Waals surface area contributed by atoms with Gasteiger partial charge in [0.05, 0.1) is 5.69 Å². The number of H-pyrrole nitrogens is 1. The molecule has 0 saturated carbocycles. The van der Waals surface area contributed by atoms with E-state index in [0.717, 1.165) is 0 Å². The average Bonchev–Trinajstić information content (AvgIpc) is 2.29. The molecule has 2 rings (SSSR count). The van der Waals surface area contributed by atoms with Crippen molar-refractivity contribution >= 4 is 0 Å². The molecule has 4 nitrogen and oxygen atoms in total. The molecule has 0 radical (unpaired) electrons. The number of nitrogens with zero attached hydrogens (tertiary/aromatic N) is 2. The molecule has 0 aliphatic heterocycles. The Morgan fingerprint density at radius 2 is 2.06 bits per heavy atom. The minimum Gasteiger partial charge on any atom is -0.267 e. The fourth-order valence-corrected chi connectivity index (χ4v) is 1.28. The molecule has 0 amide bonds. The monoisotopic (exact) mass is 241 g/mol. The molecule has 0 unspecified atom stereocenters. The maximum absolute atomic E-state index is 12.5. The van der Waals surface area contributed by atoms with Gasteiger partial charge in [0.2, 0.25) is 0 Å². The van der Waals surface area contributed by atoms with Gasteiger partial charge < -0.3 is 0 Å². The lowest BCUT2D eigenvalue weighted by Crippen LogP contribution is -2.22. The molecule has 2 heterocycles. The van der Waals surface area contributed by atoms with E-state index in [0.29, 0.717) is 11.6 Å². The predicted octanol–water partition coefficient (Wildman–Crippen LogP) is 1.85. The largest absolute Gasteiger partial charge is 0.421 e. The van der Waals surface area contributed by atoms with E-state index in [4.69, 9.17) is 0 Å². The van der Waals surface area contributed by atoms with Crippen LogP contribution in [0.25, 0.3) is 11.3 Å². The number of aromatic amines is 1. The van der Waals surface area contributed by atoms with Crippen molar-refractivity contribution in [2.24, 2.45) is 0 Å². The van der Waals surface area contributed by atoms with Crippen molar-refractivity contribution in [3.05, 3.63) is 46.5 Å². The summed E-state index contributed by atoms with van der Waals surface area (Å²) in [7, 11) is 0. The zero-order valence-corrected chi connectivity index (χ0v) is 8.32. The van der Waals surface area contributed by atoms with Gasteiger partial charge in [-0.15, -0.1) is 0 Å². The fourth-order valence-electron chi connectivity index (χ4n) is 1.28. The molecule has 17 heavy (non-hydrogen) atoms. The summed E-state index contributed by atoms with van der Waals surface area (Å²) < 4.78 is 37.4. The summed E-state index contributed by atoms with van der Waals surface area (Å²) in [6, 6.07) is 3.82. The summed E-state index contributed by atoms with van der Waals surface area (Å²) in [5.41, 5.74) is -2.12. The summed E-state index contributed by atoms with van der Waals surface area (Å²) in [4.78, 5) is 14.8. The van der Waals surface area contributed by atoms with E-state index in [2.05, 4.69) is 10.1 Å². The first-order chi connectivity index (χ1) is 7.98. The maximum Gasteiger partial charge on any atom is 0.421 e. The third kappa shape index (κ3) is 2.32. The molecule has 1 N–H and O–H groups in total. The third-order valence-corrected chi connectivity index (χ3v) is 2.07. The number of nitrogens with one attached hydrogen (secondary N) is 1. The van der Waals surface area contributed by atoms with Crippen molar-refractivity contribution in [1.29, 1.82) is 0 Å². The van der Waals surface area contributed by atoms with Gasteiger partial charge in [-0.3, -0.25) is 9.78 Å². The Morgan fingerprint density at radius 3 is 2.65 bits per heavy atom. The highest BCUT2D eigenvalue weighted by atomic mass is 19.4. The molecule has 0 aliphatic rings. The Hall–Kier alpha value is -2.18. The van der Waals surface area contributed by atoms with Gasteiger partial charge in [0.1, 0.15) is 5.56 Å². The molecule has 0 aliphatic carbocycles. The molecular formula is C10H6F3N3O. The number of aromatic nitrogens is 3. The van der Waals surface area contributed by atoms with E-state index < -0.39 is 17.3 Å². The number of halogens is 3. The Labute approximate surface area is 93.1 Å². The van der Waals surface area contributed by atoms with E-state index in [1.54, 1.807) is 12.1 Å². The molecule has 0 atom stereocenters. The SMILES string of the molecule is O=c1[nH]nc(-c2cccnc2)cc1C(F)(F)F. The second kappa shape index (κ2) is 4.00. The van der Waals surface area contributed by atoms with Crippen molar-refractivity contribution < 1.29 is 13.2 Å². The lowest BCUT2D eigenvalue weighted by Gasteiger charge is -2.06. The van der Waals surface area contributed by atoms with E-state index in [-0.39, 0.29) is 5.69 Å². The second-order valence-electron chi connectivity index (χ2n) is 3.24. The maximum atomic E-state index is 12.5. The van der Waals surface area contributed by atoms with Crippen LogP contribution < -0.4 is 5.56 Å². The van der Waals surface area contributed by atoms with Crippen molar-refractivity contribution in [2.45, 2.75) is 6.18 Å². The van der Waals surface area contributed by atoms with Crippen molar-refractivity contribution in [3.8, 4) is 11.3 Å². The van der Waals surface area contributed by atoms with Gasteiger partial charge in [-0.2, -0.15) is 18.3 Å². The summed E-state index contributed by atoms with van der Waals surface area (Å²) in [6.07, 6.45) is -1.85. The Bertz CT molecular complexity index is 577. The molecule has 2 aromatic rings. The first-order valence-electron chi connectivity index (χ1n) is 4.56. The van der Waals surface area contributed by atoms with Crippen LogP contribution in [0.3, 0.4) is 0 Å². The van der Waals surface area contributed by atoms with E-state index >= 15 is 0 Å². The van der Waals surface area contributed by atoms with Crippen molar-refractivity contribution in [2.75, 3.05) is 0 Å². The summed E-state index contributed by atoms with van der Waals surface area (Å²) >= 11 is 0. The molecule has 0 fully saturated rings. The molecule has 2 aromatic heterocycles. The lowest BCUT2D eigenvalue weighted by atomic mass is 10.1. The van der Waals surface area contributed by atoms with Gasteiger partial charge in [0, 0.05) is 18.0 Å². The predicted molar refractivity (Wildman–Crippen MR) is 53.1 cm³/mol. The van der Waals surface area contributed by atoms with Gasteiger partial charge in [0.15, 0.2) is 0 Å². The topological polar surface area (TPSA) is 58.6 Å². The van der Waals surface area contributed by atoms with Gasteiger partial charge in [-0.25, -0.2) is 5.10 Å². The van der Waals surface area contributed by atoms with Crippen LogP contribution in [0.5, 0.6) is 0 Å². The van der Waals surface area contributed by atoms with E-state index in [1.807, 2.05) is 5.10 Å². The van der Waals surface area contributed by atoms with Crippen molar-refractivity contribution in [1.82, 2.24) is 15.2 Å². The first kappa shape index (κ1) is 11.3. The summed E-state index contributed by atoms with van der Waals surface area (Å²) in [5, 5.41) is 5.37. The van der Waals surface area contributed by atoms with E-state index in [1.165, 1.54) is 12.4 Å². The molecule has 0 bridgehead atoms. The van der Waals surface area contributed by atoms with Crippen LogP contribution in [-0.4, -0.2) is 15.2 Å². The zero-order chi connectivity index (χ0) is 12.5. The van der Waals surface area contributed by atoms with Crippen LogP contribution in [-0.2, 0) is 6.18 Å².